The van der Waals surface area contributed by atoms with Gasteiger partial charge in [0.1, 0.15) is 5.75 Å². The highest BCUT2D eigenvalue weighted by molar-refractivity contribution is 5.96. The number of unbranched alkanes of at least 4 members (excludes halogenated alkanes) is 1. The smallest absolute Gasteiger partial charge is 0.164 e. The molecule has 0 radical (unpaired) electrons. The van der Waals surface area contributed by atoms with Crippen LogP contribution < -0.4 is 4.74 Å². The highest BCUT2D eigenvalue weighted by Gasteiger charge is 2.06. The molecule has 0 N–H and O–H groups in total. The largest absolute Gasteiger partial charge is 0.492 e. The summed E-state index contributed by atoms with van der Waals surface area (Å²) < 4.78 is 5.44. The van der Waals surface area contributed by atoms with Gasteiger partial charge in [-0.25, -0.2) is 0 Å². The van der Waals surface area contributed by atoms with E-state index in [1.165, 1.54) is 0 Å². The minimum absolute atomic E-state index is 0.149. The maximum atomic E-state index is 11.7. The molecule has 3 nitrogen and oxygen atoms in total. The Labute approximate surface area is 96.8 Å². The summed E-state index contributed by atoms with van der Waals surface area (Å²) in [5.74, 6) is 0.834. The lowest BCUT2D eigenvalue weighted by atomic mass is 10.1. The first-order valence-electron chi connectivity index (χ1n) is 5.89. The highest BCUT2D eigenvalue weighted by Crippen LogP contribution is 2.14. The van der Waals surface area contributed by atoms with E-state index in [1.54, 1.807) is 18.5 Å². The van der Waals surface area contributed by atoms with Gasteiger partial charge in [-0.1, -0.05) is 20.3 Å². The first kappa shape index (κ1) is 12.7. The van der Waals surface area contributed by atoms with Gasteiger partial charge in [0.25, 0.3) is 0 Å². The third kappa shape index (κ3) is 4.01. The Bertz CT molecular complexity index is 336. The molecule has 1 aromatic rings. The van der Waals surface area contributed by atoms with Crippen molar-refractivity contribution in [3.8, 4) is 5.75 Å². The fraction of sp³-hybridized carbons (Fsp3) is 0.538. The van der Waals surface area contributed by atoms with Crippen LogP contribution in [0.15, 0.2) is 18.5 Å². The number of ether oxygens (including phenoxy) is 1. The molecule has 0 saturated carbocycles. The number of hydrogen-bond donors (Lipinski definition) is 0. The average molecular weight is 221 g/mol. The van der Waals surface area contributed by atoms with Gasteiger partial charge in [0.15, 0.2) is 5.78 Å². The molecule has 0 aliphatic heterocycles. The number of ketones is 1. The summed E-state index contributed by atoms with van der Waals surface area (Å²) in [6, 6.07) is 1.78. The van der Waals surface area contributed by atoms with Gasteiger partial charge in [-0.2, -0.15) is 0 Å². The fourth-order valence-electron chi connectivity index (χ4n) is 1.35. The lowest BCUT2D eigenvalue weighted by molar-refractivity contribution is 0.0979. The summed E-state index contributed by atoms with van der Waals surface area (Å²) in [4.78, 5) is 15.8. The SMILES string of the molecule is CCCCC(=O)c1cncc(OCCC)c1. The topological polar surface area (TPSA) is 39.2 Å². The number of pyridine rings is 1. The van der Waals surface area contributed by atoms with Crippen molar-refractivity contribution in [2.75, 3.05) is 6.61 Å². The Kier molecular flexibility index (Phi) is 5.54. The zero-order valence-corrected chi connectivity index (χ0v) is 10.0. The molecule has 0 aliphatic carbocycles. The van der Waals surface area contributed by atoms with E-state index in [0.29, 0.717) is 24.3 Å². The molecule has 16 heavy (non-hydrogen) atoms. The molecule has 1 rings (SSSR count). The normalized spacial score (nSPS) is 10.1. The Morgan fingerprint density at radius 3 is 2.81 bits per heavy atom. The number of aromatic nitrogens is 1. The summed E-state index contributed by atoms with van der Waals surface area (Å²) in [6.07, 6.45) is 6.76. The Morgan fingerprint density at radius 1 is 1.31 bits per heavy atom. The van der Waals surface area contributed by atoms with Crippen LogP contribution in [0.5, 0.6) is 5.75 Å². The number of nitrogens with zero attached hydrogens (tertiary/aromatic N) is 1. The van der Waals surface area contributed by atoms with E-state index in [0.717, 1.165) is 19.3 Å². The number of carbonyl (C=O) groups is 1. The molecule has 0 saturated heterocycles. The van der Waals surface area contributed by atoms with Crippen LogP contribution in [0.2, 0.25) is 0 Å². The van der Waals surface area contributed by atoms with Crippen LogP contribution >= 0.6 is 0 Å². The van der Waals surface area contributed by atoms with E-state index >= 15 is 0 Å². The van der Waals surface area contributed by atoms with Crippen LogP contribution in [0.25, 0.3) is 0 Å². The summed E-state index contributed by atoms with van der Waals surface area (Å²) in [5, 5.41) is 0. The predicted molar refractivity (Wildman–Crippen MR) is 63.9 cm³/mol. The standard InChI is InChI=1S/C13H19NO2/c1-3-5-6-13(15)11-8-12(10-14-9-11)16-7-4-2/h8-10H,3-7H2,1-2H3. The van der Waals surface area contributed by atoms with E-state index in [9.17, 15) is 4.79 Å². The molecule has 0 fully saturated rings. The zero-order valence-electron chi connectivity index (χ0n) is 10.0. The minimum Gasteiger partial charge on any atom is -0.492 e. The monoisotopic (exact) mass is 221 g/mol. The van der Waals surface area contributed by atoms with Crippen molar-refractivity contribution in [1.29, 1.82) is 0 Å². The van der Waals surface area contributed by atoms with Crippen molar-refractivity contribution >= 4 is 5.78 Å². The zero-order chi connectivity index (χ0) is 11.8. The number of rotatable bonds is 7. The molecule has 0 atom stereocenters. The molecule has 0 aromatic carbocycles. The van der Waals surface area contributed by atoms with Crippen LogP contribution in [0.4, 0.5) is 0 Å². The quantitative estimate of drug-likeness (QED) is 0.663. The number of hydrogen-bond acceptors (Lipinski definition) is 3. The third-order valence-electron chi connectivity index (χ3n) is 2.27. The van der Waals surface area contributed by atoms with E-state index < -0.39 is 0 Å². The third-order valence-corrected chi connectivity index (χ3v) is 2.27. The Balaban J connectivity index is 2.62. The summed E-state index contributed by atoms with van der Waals surface area (Å²) >= 11 is 0. The maximum absolute atomic E-state index is 11.7. The average Bonchev–Trinajstić information content (AvgIpc) is 2.33. The van der Waals surface area contributed by atoms with Gasteiger partial charge in [-0.3, -0.25) is 9.78 Å². The Morgan fingerprint density at radius 2 is 2.12 bits per heavy atom. The van der Waals surface area contributed by atoms with E-state index in [2.05, 4.69) is 11.9 Å². The molecule has 1 aromatic heterocycles. The van der Waals surface area contributed by atoms with Crippen LogP contribution in [0.1, 0.15) is 49.9 Å². The summed E-state index contributed by atoms with van der Waals surface area (Å²) in [5.41, 5.74) is 0.655. The van der Waals surface area contributed by atoms with Crippen molar-refractivity contribution in [1.82, 2.24) is 4.98 Å². The summed E-state index contributed by atoms with van der Waals surface area (Å²) in [7, 11) is 0. The van der Waals surface area contributed by atoms with Gasteiger partial charge in [0, 0.05) is 18.2 Å². The van der Waals surface area contributed by atoms with Gasteiger partial charge in [-0.15, -0.1) is 0 Å². The summed E-state index contributed by atoms with van der Waals surface area (Å²) in [6.45, 7) is 4.78. The Hall–Kier alpha value is -1.38. The molecule has 3 heteroatoms. The second kappa shape index (κ2) is 6.99. The minimum atomic E-state index is 0.149. The van der Waals surface area contributed by atoms with E-state index in [-0.39, 0.29) is 5.78 Å². The van der Waals surface area contributed by atoms with Crippen LogP contribution in [0.3, 0.4) is 0 Å². The van der Waals surface area contributed by atoms with Crippen LogP contribution in [0, 0.1) is 0 Å². The molecule has 0 unspecified atom stereocenters. The van der Waals surface area contributed by atoms with Crippen molar-refractivity contribution in [2.45, 2.75) is 39.5 Å². The fourth-order valence-corrected chi connectivity index (χ4v) is 1.35. The first-order valence-corrected chi connectivity index (χ1v) is 5.89. The van der Waals surface area contributed by atoms with Gasteiger partial charge in [0.05, 0.1) is 12.8 Å². The van der Waals surface area contributed by atoms with Crippen molar-refractivity contribution in [3.63, 3.8) is 0 Å². The predicted octanol–water partition coefficient (Wildman–Crippen LogP) is 3.24. The molecule has 0 aliphatic rings. The first-order chi connectivity index (χ1) is 7.77. The molecule has 1 heterocycles. The van der Waals surface area contributed by atoms with E-state index in [1.807, 2.05) is 6.92 Å². The van der Waals surface area contributed by atoms with Gasteiger partial charge < -0.3 is 4.74 Å². The second-order valence-corrected chi connectivity index (χ2v) is 3.78. The maximum Gasteiger partial charge on any atom is 0.164 e. The van der Waals surface area contributed by atoms with Crippen molar-refractivity contribution < 1.29 is 9.53 Å². The number of Topliss-reactive ketones (excluding diaryl/α,β-unsaturated/α-hetero) is 1. The lowest BCUT2D eigenvalue weighted by Gasteiger charge is -2.05. The van der Waals surface area contributed by atoms with Crippen LogP contribution in [-0.4, -0.2) is 17.4 Å². The van der Waals surface area contributed by atoms with Gasteiger partial charge in [-0.05, 0) is 18.9 Å². The molecule has 88 valence electrons. The molecule has 0 bridgehead atoms. The van der Waals surface area contributed by atoms with Crippen LogP contribution in [-0.2, 0) is 0 Å². The molecule has 0 amide bonds. The van der Waals surface area contributed by atoms with Crippen molar-refractivity contribution in [3.05, 3.63) is 24.0 Å². The second-order valence-electron chi connectivity index (χ2n) is 3.78. The van der Waals surface area contributed by atoms with Crippen molar-refractivity contribution in [2.24, 2.45) is 0 Å². The molecular weight excluding hydrogens is 202 g/mol. The van der Waals surface area contributed by atoms with E-state index in [4.69, 9.17) is 4.74 Å². The molecular formula is C13H19NO2. The van der Waals surface area contributed by atoms with Gasteiger partial charge in [0.2, 0.25) is 0 Å². The van der Waals surface area contributed by atoms with Gasteiger partial charge >= 0.3 is 0 Å². The molecule has 0 spiro atoms. The number of carbonyl (C=O) groups excluding carboxylic acids is 1. The lowest BCUT2D eigenvalue weighted by Crippen LogP contribution is -2.01. The highest BCUT2D eigenvalue weighted by atomic mass is 16.5.